The number of methoxy groups -OCH3 is 3. The molecule has 132 valence electrons. The standard InChI is InChI=1S/C18H19BrN2O4/c1-11(12-5-7-15(23-2)14(19)9-12)20-21-18(22)13-6-8-16(24-3)17(10-13)25-4/h5-10H,1-4H3,(H,21,22)/b20-11+. The maximum atomic E-state index is 12.3. The molecule has 2 aromatic rings. The number of hydrogen-bond donors (Lipinski definition) is 1. The highest BCUT2D eigenvalue weighted by Crippen LogP contribution is 2.27. The third kappa shape index (κ3) is 4.51. The maximum absolute atomic E-state index is 12.3. The van der Waals surface area contributed by atoms with Crippen LogP contribution in [0.25, 0.3) is 0 Å². The van der Waals surface area contributed by atoms with E-state index in [9.17, 15) is 4.79 Å². The molecule has 0 aliphatic carbocycles. The fraction of sp³-hybridized carbons (Fsp3) is 0.222. The van der Waals surface area contributed by atoms with Crippen molar-refractivity contribution >= 4 is 27.5 Å². The zero-order valence-corrected chi connectivity index (χ0v) is 16.0. The van der Waals surface area contributed by atoms with E-state index in [-0.39, 0.29) is 5.91 Å². The SMILES string of the molecule is COc1ccc(/C(C)=N/NC(=O)c2ccc(OC)c(OC)c2)cc1Br. The Hall–Kier alpha value is -2.54. The van der Waals surface area contributed by atoms with Crippen molar-refractivity contribution in [2.75, 3.05) is 21.3 Å². The number of amides is 1. The second-order valence-corrected chi connectivity index (χ2v) is 5.91. The van der Waals surface area contributed by atoms with E-state index in [0.29, 0.717) is 22.8 Å². The van der Waals surface area contributed by atoms with Gasteiger partial charge in [0.25, 0.3) is 5.91 Å². The minimum atomic E-state index is -0.340. The van der Waals surface area contributed by atoms with E-state index >= 15 is 0 Å². The van der Waals surface area contributed by atoms with Crippen molar-refractivity contribution in [1.82, 2.24) is 5.43 Å². The second-order valence-electron chi connectivity index (χ2n) is 5.06. The molecule has 0 saturated carbocycles. The van der Waals surface area contributed by atoms with Gasteiger partial charge in [0.05, 0.1) is 31.5 Å². The fourth-order valence-electron chi connectivity index (χ4n) is 2.13. The number of carbonyl (C=O) groups is 1. The van der Waals surface area contributed by atoms with Crippen LogP contribution in [0.5, 0.6) is 17.2 Å². The molecule has 0 spiro atoms. The van der Waals surface area contributed by atoms with Crippen molar-refractivity contribution in [3.63, 3.8) is 0 Å². The van der Waals surface area contributed by atoms with Gasteiger partial charge in [0, 0.05) is 5.56 Å². The molecule has 0 radical (unpaired) electrons. The lowest BCUT2D eigenvalue weighted by atomic mass is 10.1. The Morgan fingerprint density at radius 3 is 2.12 bits per heavy atom. The summed E-state index contributed by atoms with van der Waals surface area (Å²) in [6, 6.07) is 10.5. The van der Waals surface area contributed by atoms with Crippen LogP contribution < -0.4 is 19.6 Å². The molecular weight excluding hydrogens is 388 g/mol. The number of ether oxygens (including phenoxy) is 3. The van der Waals surface area contributed by atoms with Crippen molar-refractivity contribution < 1.29 is 19.0 Å². The number of halogens is 1. The summed E-state index contributed by atoms with van der Waals surface area (Å²) in [5.41, 5.74) is 4.49. The van der Waals surface area contributed by atoms with E-state index in [1.165, 1.54) is 14.2 Å². The van der Waals surface area contributed by atoms with Gasteiger partial charge in [-0.2, -0.15) is 5.10 Å². The molecule has 7 heteroatoms. The molecule has 0 unspecified atom stereocenters. The van der Waals surface area contributed by atoms with Gasteiger partial charge in [-0.05, 0) is 64.8 Å². The normalized spacial score (nSPS) is 11.0. The second kappa shape index (κ2) is 8.53. The minimum absolute atomic E-state index is 0.340. The monoisotopic (exact) mass is 406 g/mol. The van der Waals surface area contributed by atoms with Crippen LogP contribution in [0.3, 0.4) is 0 Å². The molecule has 0 aliphatic rings. The Morgan fingerprint density at radius 2 is 1.52 bits per heavy atom. The number of rotatable bonds is 6. The molecule has 1 amide bonds. The first-order valence-corrected chi connectivity index (χ1v) is 8.20. The smallest absolute Gasteiger partial charge is 0.271 e. The summed E-state index contributed by atoms with van der Waals surface area (Å²) in [6.07, 6.45) is 0. The highest BCUT2D eigenvalue weighted by atomic mass is 79.9. The molecule has 0 aromatic heterocycles. The Morgan fingerprint density at radius 1 is 0.920 bits per heavy atom. The van der Waals surface area contributed by atoms with Crippen LogP contribution in [0.2, 0.25) is 0 Å². The first-order chi connectivity index (χ1) is 12.0. The molecule has 1 N–H and O–H groups in total. The van der Waals surface area contributed by atoms with Crippen molar-refractivity contribution in [2.24, 2.45) is 5.10 Å². The van der Waals surface area contributed by atoms with Crippen molar-refractivity contribution in [1.29, 1.82) is 0 Å². The molecule has 6 nitrogen and oxygen atoms in total. The van der Waals surface area contributed by atoms with Gasteiger partial charge in [0.1, 0.15) is 5.75 Å². The van der Waals surface area contributed by atoms with E-state index in [1.54, 1.807) is 25.3 Å². The predicted molar refractivity (Wildman–Crippen MR) is 99.9 cm³/mol. The lowest BCUT2D eigenvalue weighted by Gasteiger charge is -2.09. The summed E-state index contributed by atoms with van der Waals surface area (Å²) in [7, 11) is 4.66. The molecule has 0 atom stereocenters. The highest BCUT2D eigenvalue weighted by molar-refractivity contribution is 9.10. The summed E-state index contributed by atoms with van der Waals surface area (Å²) in [6.45, 7) is 1.81. The van der Waals surface area contributed by atoms with Crippen LogP contribution in [0.1, 0.15) is 22.8 Å². The average molecular weight is 407 g/mol. The zero-order chi connectivity index (χ0) is 18.4. The Labute approximate surface area is 154 Å². The van der Waals surface area contributed by atoms with Crippen LogP contribution >= 0.6 is 15.9 Å². The number of nitrogens with one attached hydrogen (secondary N) is 1. The Balaban J connectivity index is 2.15. The Kier molecular flexibility index (Phi) is 6.41. The zero-order valence-electron chi connectivity index (χ0n) is 14.4. The predicted octanol–water partition coefficient (Wildman–Crippen LogP) is 3.63. The summed E-state index contributed by atoms with van der Waals surface area (Å²) < 4.78 is 16.4. The van der Waals surface area contributed by atoms with Gasteiger partial charge >= 0.3 is 0 Å². The lowest BCUT2D eigenvalue weighted by molar-refractivity contribution is 0.0954. The molecule has 0 aliphatic heterocycles. The van der Waals surface area contributed by atoms with E-state index in [0.717, 1.165) is 15.8 Å². The minimum Gasteiger partial charge on any atom is -0.496 e. The third-order valence-corrected chi connectivity index (χ3v) is 4.16. The van der Waals surface area contributed by atoms with Gasteiger partial charge in [-0.15, -0.1) is 0 Å². The number of hydrazone groups is 1. The number of carbonyl (C=O) groups excluding carboxylic acids is 1. The van der Waals surface area contributed by atoms with Crippen molar-refractivity contribution in [2.45, 2.75) is 6.92 Å². The molecule has 2 rings (SSSR count). The topological polar surface area (TPSA) is 69.2 Å². The lowest BCUT2D eigenvalue weighted by Crippen LogP contribution is -2.19. The van der Waals surface area contributed by atoms with Gasteiger partial charge in [-0.1, -0.05) is 0 Å². The van der Waals surface area contributed by atoms with Gasteiger partial charge in [-0.25, -0.2) is 5.43 Å². The first-order valence-electron chi connectivity index (χ1n) is 7.40. The third-order valence-electron chi connectivity index (χ3n) is 3.54. The van der Waals surface area contributed by atoms with E-state index in [4.69, 9.17) is 14.2 Å². The van der Waals surface area contributed by atoms with E-state index in [1.807, 2.05) is 25.1 Å². The molecule has 0 fully saturated rings. The van der Waals surface area contributed by atoms with Crippen LogP contribution in [0.15, 0.2) is 46.0 Å². The maximum Gasteiger partial charge on any atom is 0.271 e. The number of hydrogen-bond acceptors (Lipinski definition) is 5. The van der Waals surface area contributed by atoms with Crippen LogP contribution in [-0.2, 0) is 0 Å². The molecular formula is C18H19BrN2O4. The van der Waals surface area contributed by atoms with Crippen LogP contribution in [-0.4, -0.2) is 32.9 Å². The van der Waals surface area contributed by atoms with E-state index < -0.39 is 0 Å². The summed E-state index contributed by atoms with van der Waals surface area (Å²) in [4.78, 5) is 12.3. The van der Waals surface area contributed by atoms with Crippen LogP contribution in [0.4, 0.5) is 0 Å². The molecule has 0 heterocycles. The van der Waals surface area contributed by atoms with Crippen LogP contribution in [0, 0.1) is 0 Å². The Bertz CT molecular complexity index is 806. The number of nitrogens with zero attached hydrogens (tertiary/aromatic N) is 1. The molecule has 0 saturated heterocycles. The van der Waals surface area contributed by atoms with Crippen molar-refractivity contribution in [3.05, 3.63) is 52.0 Å². The molecule has 0 bridgehead atoms. The van der Waals surface area contributed by atoms with Gasteiger partial charge in [-0.3, -0.25) is 4.79 Å². The molecule has 25 heavy (non-hydrogen) atoms. The largest absolute Gasteiger partial charge is 0.496 e. The summed E-state index contributed by atoms with van der Waals surface area (Å²) >= 11 is 3.43. The van der Waals surface area contributed by atoms with Gasteiger partial charge in [0.15, 0.2) is 11.5 Å². The van der Waals surface area contributed by atoms with E-state index in [2.05, 4.69) is 26.5 Å². The first kappa shape index (κ1) is 18.8. The van der Waals surface area contributed by atoms with Gasteiger partial charge in [0.2, 0.25) is 0 Å². The quantitative estimate of drug-likeness (QED) is 0.587. The molecule has 2 aromatic carbocycles. The van der Waals surface area contributed by atoms with Gasteiger partial charge < -0.3 is 14.2 Å². The fourth-order valence-corrected chi connectivity index (χ4v) is 2.67. The van der Waals surface area contributed by atoms with Crippen molar-refractivity contribution in [3.8, 4) is 17.2 Å². The summed E-state index contributed by atoms with van der Waals surface area (Å²) in [5, 5.41) is 4.15. The summed E-state index contributed by atoms with van der Waals surface area (Å²) in [5.74, 6) is 1.43. The average Bonchev–Trinajstić information content (AvgIpc) is 2.64. The highest BCUT2D eigenvalue weighted by Gasteiger charge is 2.11. The number of benzene rings is 2.